The average molecular weight is 214 g/mol. The Kier molecular flexibility index (Phi) is 2.52. The smallest absolute Gasteiger partial charge is 0.139 e. The van der Waals surface area contributed by atoms with Crippen LogP contribution in [0, 0.1) is 13.8 Å². The molecule has 3 N–H and O–H groups in total. The minimum absolute atomic E-state index is 0.117. The maximum Gasteiger partial charge on any atom is 0.139 e. The Morgan fingerprint density at radius 2 is 1.94 bits per heavy atom. The Morgan fingerprint density at radius 1 is 1.19 bits per heavy atom. The van der Waals surface area contributed by atoms with Gasteiger partial charge in [-0.05, 0) is 48.7 Å². The van der Waals surface area contributed by atoms with Gasteiger partial charge in [-0.25, -0.2) is 0 Å². The number of hydrogen-bond donors (Lipinski definition) is 2. The average Bonchev–Trinajstić information content (AvgIpc) is 2.26. The number of aryl methyl sites for hydroxylation is 1. The molecule has 0 saturated heterocycles. The first-order valence-electron chi connectivity index (χ1n) is 5.10. The van der Waals surface area contributed by atoms with Crippen LogP contribution in [-0.2, 0) is 0 Å². The van der Waals surface area contributed by atoms with E-state index in [0.717, 1.165) is 22.4 Å². The number of nitrogens with two attached hydrogens (primary N) is 1. The summed E-state index contributed by atoms with van der Waals surface area (Å²) in [5.41, 5.74) is 10.1. The molecule has 1 aromatic heterocycles. The molecule has 0 saturated carbocycles. The second-order valence-electron chi connectivity index (χ2n) is 3.84. The third kappa shape index (κ3) is 1.72. The van der Waals surface area contributed by atoms with Gasteiger partial charge in [-0.3, -0.25) is 4.98 Å². The van der Waals surface area contributed by atoms with Gasteiger partial charge in [0.25, 0.3) is 0 Å². The van der Waals surface area contributed by atoms with Crippen LogP contribution in [0.4, 0.5) is 5.69 Å². The van der Waals surface area contributed by atoms with Gasteiger partial charge in [-0.15, -0.1) is 0 Å². The van der Waals surface area contributed by atoms with Crippen LogP contribution >= 0.6 is 0 Å². The standard InChI is InChI=1S/C13H14N2O/c1-8-9(2)15-6-5-11(8)10-3-4-12(14)13(16)7-10/h3-7,16H,14H2,1-2H3. The second-order valence-corrected chi connectivity index (χ2v) is 3.84. The zero-order valence-electron chi connectivity index (χ0n) is 9.36. The van der Waals surface area contributed by atoms with E-state index < -0.39 is 0 Å². The summed E-state index contributed by atoms with van der Waals surface area (Å²) in [7, 11) is 0. The Labute approximate surface area is 94.6 Å². The van der Waals surface area contributed by atoms with E-state index in [4.69, 9.17) is 5.73 Å². The van der Waals surface area contributed by atoms with Gasteiger partial charge in [0.2, 0.25) is 0 Å². The minimum Gasteiger partial charge on any atom is -0.506 e. The minimum atomic E-state index is 0.117. The van der Waals surface area contributed by atoms with Gasteiger partial charge in [0.15, 0.2) is 0 Å². The van der Waals surface area contributed by atoms with Crippen LogP contribution in [0.5, 0.6) is 5.75 Å². The summed E-state index contributed by atoms with van der Waals surface area (Å²) in [4.78, 5) is 4.22. The molecular weight excluding hydrogens is 200 g/mol. The van der Waals surface area contributed by atoms with E-state index in [1.807, 2.05) is 26.0 Å². The quantitative estimate of drug-likeness (QED) is 0.566. The lowest BCUT2D eigenvalue weighted by Crippen LogP contribution is -1.91. The molecule has 0 radical (unpaired) electrons. The number of phenols is 1. The van der Waals surface area contributed by atoms with Crippen LogP contribution < -0.4 is 5.73 Å². The second kappa shape index (κ2) is 3.85. The predicted octanol–water partition coefficient (Wildman–Crippen LogP) is 2.65. The van der Waals surface area contributed by atoms with Crippen molar-refractivity contribution in [1.82, 2.24) is 4.98 Å². The zero-order valence-corrected chi connectivity index (χ0v) is 9.36. The van der Waals surface area contributed by atoms with Gasteiger partial charge in [-0.1, -0.05) is 6.07 Å². The monoisotopic (exact) mass is 214 g/mol. The van der Waals surface area contributed by atoms with E-state index >= 15 is 0 Å². The fourth-order valence-corrected chi connectivity index (χ4v) is 1.66. The zero-order chi connectivity index (χ0) is 11.7. The van der Waals surface area contributed by atoms with Crippen molar-refractivity contribution in [1.29, 1.82) is 0 Å². The molecule has 16 heavy (non-hydrogen) atoms. The molecule has 0 amide bonds. The van der Waals surface area contributed by atoms with Gasteiger partial charge in [-0.2, -0.15) is 0 Å². The molecule has 2 aromatic rings. The van der Waals surface area contributed by atoms with E-state index in [0.29, 0.717) is 5.69 Å². The topological polar surface area (TPSA) is 59.1 Å². The van der Waals surface area contributed by atoms with Gasteiger partial charge < -0.3 is 10.8 Å². The highest BCUT2D eigenvalue weighted by molar-refractivity contribution is 5.72. The van der Waals surface area contributed by atoms with Crippen LogP contribution in [0.25, 0.3) is 11.1 Å². The molecule has 1 heterocycles. The number of nitrogens with zero attached hydrogens (tertiary/aromatic N) is 1. The van der Waals surface area contributed by atoms with E-state index in [-0.39, 0.29) is 5.75 Å². The molecule has 0 aliphatic rings. The Morgan fingerprint density at radius 3 is 2.62 bits per heavy atom. The number of anilines is 1. The molecule has 0 aliphatic heterocycles. The maximum absolute atomic E-state index is 9.58. The number of benzene rings is 1. The van der Waals surface area contributed by atoms with E-state index in [2.05, 4.69) is 4.98 Å². The molecule has 1 aromatic carbocycles. The number of aromatic nitrogens is 1. The van der Waals surface area contributed by atoms with Gasteiger partial charge >= 0.3 is 0 Å². The fourth-order valence-electron chi connectivity index (χ4n) is 1.66. The number of rotatable bonds is 1. The first-order valence-corrected chi connectivity index (χ1v) is 5.10. The highest BCUT2D eigenvalue weighted by Crippen LogP contribution is 2.30. The van der Waals surface area contributed by atoms with Gasteiger partial charge in [0.05, 0.1) is 5.69 Å². The van der Waals surface area contributed by atoms with Crippen molar-refractivity contribution in [3.8, 4) is 16.9 Å². The molecule has 3 nitrogen and oxygen atoms in total. The molecule has 0 aliphatic carbocycles. The first-order chi connectivity index (χ1) is 7.59. The highest BCUT2D eigenvalue weighted by atomic mass is 16.3. The van der Waals surface area contributed by atoms with Crippen molar-refractivity contribution in [3.63, 3.8) is 0 Å². The predicted molar refractivity (Wildman–Crippen MR) is 65.2 cm³/mol. The summed E-state index contributed by atoms with van der Waals surface area (Å²) in [6.45, 7) is 3.99. The van der Waals surface area contributed by atoms with Crippen LogP contribution in [0.3, 0.4) is 0 Å². The summed E-state index contributed by atoms with van der Waals surface area (Å²) < 4.78 is 0. The molecule has 0 bridgehead atoms. The number of phenolic OH excluding ortho intramolecular Hbond substituents is 1. The van der Waals surface area contributed by atoms with Gasteiger partial charge in [0.1, 0.15) is 5.75 Å². The highest BCUT2D eigenvalue weighted by Gasteiger charge is 2.06. The Hall–Kier alpha value is -2.03. The van der Waals surface area contributed by atoms with E-state index in [9.17, 15) is 5.11 Å². The summed E-state index contributed by atoms with van der Waals surface area (Å²) >= 11 is 0. The number of nitrogen functional groups attached to an aromatic ring is 1. The summed E-state index contributed by atoms with van der Waals surface area (Å²) in [5, 5.41) is 9.58. The SMILES string of the molecule is Cc1nccc(-c2ccc(N)c(O)c2)c1C. The van der Waals surface area contributed by atoms with Crippen LogP contribution in [0.1, 0.15) is 11.3 Å². The van der Waals surface area contributed by atoms with E-state index in [1.165, 1.54) is 0 Å². The lowest BCUT2D eigenvalue weighted by Gasteiger charge is -2.09. The summed E-state index contributed by atoms with van der Waals surface area (Å²) in [6, 6.07) is 7.22. The molecule has 0 atom stereocenters. The Balaban J connectivity index is 2.59. The van der Waals surface area contributed by atoms with Crippen molar-refractivity contribution >= 4 is 5.69 Å². The van der Waals surface area contributed by atoms with Crippen LogP contribution in [0.2, 0.25) is 0 Å². The number of hydrogen-bond acceptors (Lipinski definition) is 3. The maximum atomic E-state index is 9.58. The molecule has 0 unspecified atom stereocenters. The third-order valence-electron chi connectivity index (χ3n) is 2.80. The molecule has 2 rings (SSSR count). The molecule has 0 spiro atoms. The van der Waals surface area contributed by atoms with Crippen molar-refractivity contribution in [2.24, 2.45) is 0 Å². The van der Waals surface area contributed by atoms with Crippen LogP contribution in [-0.4, -0.2) is 10.1 Å². The van der Waals surface area contributed by atoms with Crippen molar-refractivity contribution < 1.29 is 5.11 Å². The lowest BCUT2D eigenvalue weighted by atomic mass is 10.00. The van der Waals surface area contributed by atoms with Crippen molar-refractivity contribution in [2.45, 2.75) is 13.8 Å². The van der Waals surface area contributed by atoms with Crippen molar-refractivity contribution in [2.75, 3.05) is 5.73 Å². The molecular formula is C13H14N2O. The van der Waals surface area contributed by atoms with Crippen LogP contribution in [0.15, 0.2) is 30.5 Å². The Bertz CT molecular complexity index is 535. The number of aromatic hydroxyl groups is 1. The summed E-state index contributed by atoms with van der Waals surface area (Å²) in [6.07, 6.45) is 1.77. The summed E-state index contributed by atoms with van der Waals surface area (Å²) in [5.74, 6) is 0.117. The molecule has 82 valence electrons. The van der Waals surface area contributed by atoms with E-state index in [1.54, 1.807) is 18.3 Å². The molecule has 3 heteroatoms. The third-order valence-corrected chi connectivity index (χ3v) is 2.80. The fraction of sp³-hybridized carbons (Fsp3) is 0.154. The number of pyridine rings is 1. The molecule has 0 fully saturated rings. The lowest BCUT2D eigenvalue weighted by molar-refractivity contribution is 0.478. The van der Waals surface area contributed by atoms with Gasteiger partial charge in [0, 0.05) is 11.9 Å². The normalized spacial score (nSPS) is 10.4. The first kappa shape index (κ1) is 10.5. The van der Waals surface area contributed by atoms with Crippen molar-refractivity contribution in [3.05, 3.63) is 41.7 Å². The largest absolute Gasteiger partial charge is 0.506 e.